The number of ether oxygens (including phenoxy) is 1. The number of amides is 1. The molecule has 0 aliphatic heterocycles. The van der Waals surface area contributed by atoms with Gasteiger partial charge in [0.2, 0.25) is 0 Å². The molecule has 0 bridgehead atoms. The van der Waals surface area contributed by atoms with Crippen molar-refractivity contribution in [2.75, 3.05) is 13.7 Å². The fourth-order valence-electron chi connectivity index (χ4n) is 3.99. The van der Waals surface area contributed by atoms with Crippen molar-refractivity contribution in [1.29, 1.82) is 0 Å². The van der Waals surface area contributed by atoms with Crippen LogP contribution in [0.2, 0.25) is 0 Å². The Kier molecular flexibility index (Phi) is 5.57. The molecule has 2 N–H and O–H groups in total. The topological polar surface area (TPSA) is 76.4 Å². The molecular formula is C22H23F2N3O3. The van der Waals surface area contributed by atoms with Crippen molar-refractivity contribution < 1.29 is 23.4 Å². The standard InChI is InChI=1S/C22H23F2N3O3/c1-30-17-6-7-20-15(8-17)12-27(26-20)16-4-2-13(3-5-16)11-25-22(29)14-9-18(23)21(28)19(24)10-14/h6-10,12-13,16,28H,2-5,11H2,1H3,(H,25,29)/t13-,16-. The van der Waals surface area contributed by atoms with Crippen molar-refractivity contribution in [2.45, 2.75) is 31.7 Å². The summed E-state index contributed by atoms with van der Waals surface area (Å²) in [5, 5.41) is 17.6. The van der Waals surface area contributed by atoms with Crippen LogP contribution < -0.4 is 10.1 Å². The van der Waals surface area contributed by atoms with Gasteiger partial charge in [-0.05, 0) is 61.9 Å². The lowest BCUT2D eigenvalue weighted by atomic mass is 9.86. The molecule has 30 heavy (non-hydrogen) atoms. The molecule has 158 valence electrons. The average Bonchev–Trinajstić information content (AvgIpc) is 3.19. The van der Waals surface area contributed by atoms with E-state index in [9.17, 15) is 13.6 Å². The molecule has 1 saturated carbocycles. The molecule has 4 rings (SSSR count). The van der Waals surface area contributed by atoms with Gasteiger partial charge in [-0.15, -0.1) is 0 Å². The lowest BCUT2D eigenvalue weighted by Crippen LogP contribution is -2.31. The van der Waals surface area contributed by atoms with E-state index in [2.05, 4.69) is 10.4 Å². The van der Waals surface area contributed by atoms with E-state index in [1.54, 1.807) is 7.11 Å². The third-order valence-corrected chi connectivity index (χ3v) is 5.75. The molecule has 0 atom stereocenters. The number of nitrogens with zero attached hydrogens (tertiary/aromatic N) is 2. The quantitative estimate of drug-likeness (QED) is 0.655. The molecule has 1 fully saturated rings. The van der Waals surface area contributed by atoms with Crippen LogP contribution >= 0.6 is 0 Å². The van der Waals surface area contributed by atoms with Gasteiger partial charge in [0.25, 0.3) is 5.91 Å². The fourth-order valence-corrected chi connectivity index (χ4v) is 3.99. The van der Waals surface area contributed by atoms with Crippen LogP contribution in [0, 0.1) is 17.6 Å². The first-order valence-electron chi connectivity index (χ1n) is 9.93. The van der Waals surface area contributed by atoms with Gasteiger partial charge in [-0.1, -0.05) is 0 Å². The Morgan fingerprint density at radius 1 is 1.20 bits per heavy atom. The van der Waals surface area contributed by atoms with Gasteiger partial charge < -0.3 is 15.2 Å². The maximum atomic E-state index is 13.4. The highest BCUT2D eigenvalue weighted by Gasteiger charge is 2.24. The zero-order valence-electron chi connectivity index (χ0n) is 16.6. The van der Waals surface area contributed by atoms with Crippen LogP contribution in [0.4, 0.5) is 8.78 Å². The SMILES string of the molecule is COc1ccc2nn([C@H]3CC[C@H](CNC(=O)c4cc(F)c(O)c(F)c4)CC3)cc2c1. The minimum atomic E-state index is -1.15. The van der Waals surface area contributed by atoms with E-state index in [4.69, 9.17) is 9.84 Å². The summed E-state index contributed by atoms with van der Waals surface area (Å²) < 4.78 is 34.1. The van der Waals surface area contributed by atoms with Gasteiger partial charge in [-0.2, -0.15) is 5.10 Å². The lowest BCUT2D eigenvalue weighted by molar-refractivity contribution is 0.0940. The predicted molar refractivity (Wildman–Crippen MR) is 108 cm³/mol. The molecule has 0 spiro atoms. The molecule has 1 aliphatic carbocycles. The number of rotatable bonds is 5. The third kappa shape index (κ3) is 4.08. The molecule has 2 aromatic carbocycles. The van der Waals surface area contributed by atoms with E-state index in [0.29, 0.717) is 18.5 Å². The zero-order valence-corrected chi connectivity index (χ0v) is 16.6. The van der Waals surface area contributed by atoms with Gasteiger partial charge in [0.05, 0.1) is 18.7 Å². The molecule has 1 aromatic heterocycles. The zero-order chi connectivity index (χ0) is 21.3. The summed E-state index contributed by atoms with van der Waals surface area (Å²) in [6, 6.07) is 7.78. The van der Waals surface area contributed by atoms with Crippen LogP contribution in [0.3, 0.4) is 0 Å². The maximum Gasteiger partial charge on any atom is 0.251 e. The van der Waals surface area contributed by atoms with E-state index >= 15 is 0 Å². The second kappa shape index (κ2) is 8.30. The predicted octanol–water partition coefficient (Wildman–Crippen LogP) is 4.19. The Morgan fingerprint density at radius 3 is 2.57 bits per heavy atom. The number of methoxy groups -OCH3 is 1. The number of hydrogen-bond acceptors (Lipinski definition) is 4. The van der Waals surface area contributed by atoms with Gasteiger partial charge in [-0.25, -0.2) is 8.78 Å². The maximum absolute atomic E-state index is 13.4. The van der Waals surface area contributed by atoms with E-state index in [1.165, 1.54) is 0 Å². The van der Waals surface area contributed by atoms with Gasteiger partial charge in [0, 0.05) is 23.7 Å². The molecule has 1 aliphatic rings. The van der Waals surface area contributed by atoms with Crippen LogP contribution in [0.5, 0.6) is 11.5 Å². The van der Waals surface area contributed by atoms with Crippen molar-refractivity contribution in [1.82, 2.24) is 15.1 Å². The minimum absolute atomic E-state index is 0.143. The Hall–Kier alpha value is -3.16. The van der Waals surface area contributed by atoms with E-state index in [0.717, 1.165) is 54.5 Å². The minimum Gasteiger partial charge on any atom is -0.503 e. The van der Waals surface area contributed by atoms with Crippen molar-refractivity contribution in [3.05, 3.63) is 53.7 Å². The normalized spacial score (nSPS) is 19.0. The number of phenols is 1. The van der Waals surface area contributed by atoms with Crippen LogP contribution in [0.1, 0.15) is 42.1 Å². The number of benzene rings is 2. The second-order valence-electron chi connectivity index (χ2n) is 7.71. The highest BCUT2D eigenvalue weighted by atomic mass is 19.1. The lowest BCUT2D eigenvalue weighted by Gasteiger charge is -2.28. The monoisotopic (exact) mass is 415 g/mol. The smallest absolute Gasteiger partial charge is 0.251 e. The van der Waals surface area contributed by atoms with E-state index in [-0.39, 0.29) is 5.56 Å². The Morgan fingerprint density at radius 2 is 1.90 bits per heavy atom. The molecule has 0 radical (unpaired) electrons. The fraction of sp³-hybridized carbons (Fsp3) is 0.364. The molecule has 1 heterocycles. The highest BCUT2D eigenvalue weighted by molar-refractivity contribution is 5.94. The number of aromatic nitrogens is 2. The van der Waals surface area contributed by atoms with Gasteiger partial charge >= 0.3 is 0 Å². The van der Waals surface area contributed by atoms with Crippen LogP contribution in [-0.4, -0.2) is 34.4 Å². The summed E-state index contributed by atoms with van der Waals surface area (Å²) in [7, 11) is 1.64. The molecule has 1 amide bonds. The van der Waals surface area contributed by atoms with E-state index in [1.807, 2.05) is 29.1 Å². The van der Waals surface area contributed by atoms with Crippen LogP contribution in [-0.2, 0) is 0 Å². The second-order valence-corrected chi connectivity index (χ2v) is 7.71. The van der Waals surface area contributed by atoms with Crippen LogP contribution in [0.15, 0.2) is 36.5 Å². The summed E-state index contributed by atoms with van der Waals surface area (Å²) in [5.74, 6) is -2.83. The number of hydrogen-bond donors (Lipinski definition) is 2. The molecule has 6 nitrogen and oxygen atoms in total. The molecule has 0 unspecified atom stereocenters. The van der Waals surface area contributed by atoms with Gasteiger partial charge in [-0.3, -0.25) is 9.48 Å². The number of fused-ring (bicyclic) bond motifs is 1. The number of phenolic OH excluding ortho intramolecular Hbond substituents is 1. The number of carbonyl (C=O) groups is 1. The summed E-state index contributed by atoms with van der Waals surface area (Å²) in [4.78, 5) is 12.2. The number of carbonyl (C=O) groups excluding carboxylic acids is 1. The third-order valence-electron chi connectivity index (χ3n) is 5.75. The Balaban J connectivity index is 1.32. The Labute approximate surface area is 172 Å². The Bertz CT molecular complexity index is 1050. The van der Waals surface area contributed by atoms with Crippen molar-refractivity contribution >= 4 is 16.8 Å². The van der Waals surface area contributed by atoms with Crippen molar-refractivity contribution in [3.63, 3.8) is 0 Å². The first-order chi connectivity index (χ1) is 14.4. The van der Waals surface area contributed by atoms with Gasteiger partial charge in [0.1, 0.15) is 5.75 Å². The van der Waals surface area contributed by atoms with Crippen molar-refractivity contribution in [3.8, 4) is 11.5 Å². The highest BCUT2D eigenvalue weighted by Crippen LogP contribution is 2.33. The molecule has 0 saturated heterocycles. The largest absolute Gasteiger partial charge is 0.503 e. The average molecular weight is 415 g/mol. The number of aromatic hydroxyl groups is 1. The summed E-state index contributed by atoms with van der Waals surface area (Å²) in [6.45, 7) is 0.438. The first-order valence-corrected chi connectivity index (χ1v) is 9.93. The van der Waals surface area contributed by atoms with Crippen LogP contribution in [0.25, 0.3) is 10.9 Å². The van der Waals surface area contributed by atoms with Crippen molar-refractivity contribution in [2.24, 2.45) is 5.92 Å². The van der Waals surface area contributed by atoms with Gasteiger partial charge in [0.15, 0.2) is 17.4 Å². The summed E-state index contributed by atoms with van der Waals surface area (Å²) in [5.41, 5.74) is 0.786. The number of halogens is 2. The molecular weight excluding hydrogens is 392 g/mol. The van der Waals surface area contributed by atoms with E-state index < -0.39 is 23.3 Å². The molecule has 3 aromatic rings. The molecule has 8 heteroatoms. The first kappa shape index (κ1) is 20.1. The number of nitrogens with one attached hydrogen (secondary N) is 1. The summed E-state index contributed by atoms with van der Waals surface area (Å²) >= 11 is 0. The summed E-state index contributed by atoms with van der Waals surface area (Å²) in [6.07, 6.45) is 5.76.